The molecule has 0 aliphatic carbocycles. The molecule has 0 aliphatic heterocycles. The average molecular weight is 598 g/mol. The van der Waals surface area contributed by atoms with Crippen LogP contribution in [0.15, 0.2) is 54.6 Å². The third-order valence-electron chi connectivity index (χ3n) is 6.84. The van der Waals surface area contributed by atoms with Crippen molar-refractivity contribution in [1.82, 2.24) is 16.0 Å². The number of carbonyl (C=O) groups is 4. The molecule has 0 heterocycles. The monoisotopic (exact) mass is 597 g/mol. The van der Waals surface area contributed by atoms with Crippen LogP contribution in [0.1, 0.15) is 57.6 Å². The quantitative estimate of drug-likeness (QED) is 0.133. The molecule has 2 aromatic carbocycles. The summed E-state index contributed by atoms with van der Waals surface area (Å²) < 4.78 is 5.50. The molecule has 11 nitrogen and oxygen atoms in total. The second kappa shape index (κ2) is 18.6. The highest BCUT2D eigenvalue weighted by atomic mass is 16.5. The Morgan fingerprint density at radius 2 is 1.37 bits per heavy atom. The molecule has 43 heavy (non-hydrogen) atoms. The maximum Gasteiger partial charge on any atom is 0.326 e. The topological polar surface area (TPSA) is 186 Å². The van der Waals surface area contributed by atoms with Crippen LogP contribution in [-0.4, -0.2) is 66.1 Å². The fourth-order valence-corrected chi connectivity index (χ4v) is 4.57. The lowest BCUT2D eigenvalue weighted by Gasteiger charge is -2.26. The Morgan fingerprint density at radius 1 is 0.791 bits per heavy atom. The van der Waals surface area contributed by atoms with E-state index >= 15 is 0 Å². The largest absolute Gasteiger partial charge is 0.494 e. The Labute approximate surface area is 254 Å². The zero-order chi connectivity index (χ0) is 31.8. The summed E-state index contributed by atoms with van der Waals surface area (Å²) in [6.45, 7) is 6.59. The number of rotatable bonds is 19. The second-order valence-electron chi connectivity index (χ2n) is 11.0. The Kier molecular flexibility index (Phi) is 15.2. The lowest BCUT2D eigenvalue weighted by atomic mass is 9.99. The van der Waals surface area contributed by atoms with Gasteiger partial charge in [0.05, 0.1) is 12.6 Å². The molecule has 2 aromatic rings. The van der Waals surface area contributed by atoms with E-state index in [1.807, 2.05) is 51.1 Å². The first-order valence-electron chi connectivity index (χ1n) is 14.9. The SMILES string of the molecule is CCOc1ccc(C[C@@H](NC(=O)[C@H](N)Cc2ccccc2)C(=O)N[C@H](CC(C)C)C(=O)N[C@H](CCCCN)C(=O)O)cc1. The van der Waals surface area contributed by atoms with Crippen LogP contribution in [0, 0.1) is 5.92 Å². The molecule has 0 saturated heterocycles. The minimum Gasteiger partial charge on any atom is -0.494 e. The van der Waals surface area contributed by atoms with E-state index in [1.165, 1.54) is 0 Å². The van der Waals surface area contributed by atoms with Crippen molar-refractivity contribution in [3.63, 3.8) is 0 Å². The van der Waals surface area contributed by atoms with Gasteiger partial charge < -0.3 is 37.3 Å². The van der Waals surface area contributed by atoms with Gasteiger partial charge in [-0.2, -0.15) is 0 Å². The molecule has 0 bridgehead atoms. The van der Waals surface area contributed by atoms with Crippen molar-refractivity contribution in [2.75, 3.05) is 13.2 Å². The van der Waals surface area contributed by atoms with Gasteiger partial charge in [-0.05, 0) is 74.8 Å². The Hall–Kier alpha value is -3.96. The highest BCUT2D eigenvalue weighted by molar-refractivity contribution is 5.94. The first-order chi connectivity index (χ1) is 20.5. The van der Waals surface area contributed by atoms with Crippen LogP contribution in [0.25, 0.3) is 0 Å². The van der Waals surface area contributed by atoms with Crippen LogP contribution >= 0.6 is 0 Å². The lowest BCUT2D eigenvalue weighted by Crippen LogP contribution is -2.58. The standard InChI is InChI=1S/C32H47N5O6/c1-4-43-24-15-13-23(14-16-24)20-28(36-29(38)25(34)19-22-10-6-5-7-11-22)31(40)37-27(18-21(2)3)30(39)35-26(32(41)42)12-8-9-17-33/h5-7,10-11,13-16,21,25-28H,4,8-9,12,17-20,33-34H2,1-3H3,(H,35,39)(H,36,38)(H,37,40)(H,41,42)/t25-,26-,27-,28-/m1/s1. The number of nitrogens with one attached hydrogen (secondary N) is 3. The number of benzene rings is 2. The summed E-state index contributed by atoms with van der Waals surface area (Å²) >= 11 is 0. The fraction of sp³-hybridized carbons (Fsp3) is 0.500. The van der Waals surface area contributed by atoms with Crippen LogP contribution in [0.4, 0.5) is 0 Å². The van der Waals surface area contributed by atoms with E-state index in [9.17, 15) is 24.3 Å². The van der Waals surface area contributed by atoms with E-state index in [2.05, 4.69) is 16.0 Å². The smallest absolute Gasteiger partial charge is 0.326 e. The average Bonchev–Trinajstić information content (AvgIpc) is 2.97. The first-order valence-corrected chi connectivity index (χ1v) is 14.9. The van der Waals surface area contributed by atoms with Crippen LogP contribution in [0.2, 0.25) is 0 Å². The highest BCUT2D eigenvalue weighted by Gasteiger charge is 2.31. The zero-order valence-electron chi connectivity index (χ0n) is 25.4. The normalized spacial score (nSPS) is 13.8. The molecule has 0 fully saturated rings. The van der Waals surface area contributed by atoms with Crippen molar-refractivity contribution in [3.05, 3.63) is 65.7 Å². The minimum absolute atomic E-state index is 0.00927. The van der Waals surface area contributed by atoms with Crippen molar-refractivity contribution in [1.29, 1.82) is 0 Å². The first kappa shape index (κ1) is 35.2. The number of hydrogen-bond donors (Lipinski definition) is 6. The van der Waals surface area contributed by atoms with Gasteiger partial charge in [-0.15, -0.1) is 0 Å². The molecular weight excluding hydrogens is 550 g/mol. The Balaban J connectivity index is 2.24. The summed E-state index contributed by atoms with van der Waals surface area (Å²) in [7, 11) is 0. The molecule has 2 rings (SSSR count). The number of amides is 3. The van der Waals surface area contributed by atoms with Crippen molar-refractivity contribution in [3.8, 4) is 5.75 Å². The van der Waals surface area contributed by atoms with Gasteiger partial charge >= 0.3 is 5.97 Å². The van der Waals surface area contributed by atoms with E-state index in [-0.39, 0.29) is 31.6 Å². The lowest BCUT2D eigenvalue weighted by molar-refractivity contribution is -0.142. The molecule has 0 aromatic heterocycles. The summed E-state index contributed by atoms with van der Waals surface area (Å²) in [5.41, 5.74) is 13.4. The maximum atomic E-state index is 13.7. The predicted octanol–water partition coefficient (Wildman–Crippen LogP) is 1.91. The summed E-state index contributed by atoms with van der Waals surface area (Å²) in [5, 5.41) is 17.7. The maximum absolute atomic E-state index is 13.7. The minimum atomic E-state index is -1.16. The number of nitrogens with two attached hydrogens (primary N) is 2. The van der Waals surface area contributed by atoms with Gasteiger partial charge in [0.15, 0.2) is 0 Å². The molecule has 0 spiro atoms. The van der Waals surface area contributed by atoms with Gasteiger partial charge in [0, 0.05) is 6.42 Å². The van der Waals surface area contributed by atoms with Crippen LogP contribution in [0.3, 0.4) is 0 Å². The molecule has 0 radical (unpaired) electrons. The molecule has 236 valence electrons. The summed E-state index contributed by atoms with van der Waals surface area (Å²) in [4.78, 5) is 51.8. The van der Waals surface area contributed by atoms with Crippen LogP contribution < -0.4 is 32.2 Å². The zero-order valence-corrected chi connectivity index (χ0v) is 25.4. The molecule has 0 aliphatic rings. The van der Waals surface area contributed by atoms with E-state index in [0.29, 0.717) is 31.7 Å². The van der Waals surface area contributed by atoms with E-state index in [0.717, 1.165) is 11.1 Å². The van der Waals surface area contributed by atoms with Crippen molar-refractivity contribution in [2.45, 2.75) is 83.5 Å². The summed E-state index contributed by atoms with van der Waals surface area (Å²) in [5.74, 6) is -2.16. The molecule has 3 amide bonds. The van der Waals surface area contributed by atoms with E-state index < -0.39 is 47.9 Å². The van der Waals surface area contributed by atoms with Gasteiger partial charge in [0.25, 0.3) is 0 Å². The molecular formula is C32H47N5O6. The second-order valence-corrected chi connectivity index (χ2v) is 11.0. The third kappa shape index (κ3) is 12.8. The number of ether oxygens (including phenoxy) is 1. The Bertz CT molecular complexity index is 1160. The number of carbonyl (C=O) groups excluding carboxylic acids is 3. The fourth-order valence-electron chi connectivity index (χ4n) is 4.57. The van der Waals surface area contributed by atoms with Crippen molar-refractivity contribution in [2.24, 2.45) is 17.4 Å². The number of hydrogen-bond acceptors (Lipinski definition) is 7. The number of carboxylic acid groups (broad SMARTS) is 1. The van der Waals surface area contributed by atoms with E-state index in [4.69, 9.17) is 16.2 Å². The van der Waals surface area contributed by atoms with Gasteiger partial charge in [-0.3, -0.25) is 14.4 Å². The van der Waals surface area contributed by atoms with Gasteiger partial charge in [-0.25, -0.2) is 4.79 Å². The molecule has 0 unspecified atom stereocenters. The summed E-state index contributed by atoms with van der Waals surface area (Å²) in [6, 6.07) is 12.4. The number of aliphatic carboxylic acids is 1. The third-order valence-corrected chi connectivity index (χ3v) is 6.84. The van der Waals surface area contributed by atoms with Crippen molar-refractivity contribution >= 4 is 23.7 Å². The molecule has 11 heteroatoms. The van der Waals surface area contributed by atoms with E-state index in [1.54, 1.807) is 24.3 Å². The van der Waals surface area contributed by atoms with Gasteiger partial charge in [0.2, 0.25) is 17.7 Å². The van der Waals surface area contributed by atoms with Crippen molar-refractivity contribution < 1.29 is 29.0 Å². The molecule has 8 N–H and O–H groups in total. The highest BCUT2D eigenvalue weighted by Crippen LogP contribution is 2.15. The van der Waals surface area contributed by atoms with Crippen LogP contribution in [-0.2, 0) is 32.0 Å². The van der Waals surface area contributed by atoms with Gasteiger partial charge in [0.1, 0.15) is 23.9 Å². The van der Waals surface area contributed by atoms with Gasteiger partial charge in [-0.1, -0.05) is 56.3 Å². The van der Waals surface area contributed by atoms with Crippen LogP contribution in [0.5, 0.6) is 5.75 Å². The summed E-state index contributed by atoms with van der Waals surface area (Å²) in [6.07, 6.45) is 2.07. The molecule has 0 saturated carbocycles. The Morgan fingerprint density at radius 3 is 1.95 bits per heavy atom. The molecule has 4 atom stereocenters. The number of carboxylic acids is 1. The predicted molar refractivity (Wildman–Crippen MR) is 165 cm³/mol. The number of unbranched alkanes of at least 4 members (excludes halogenated alkanes) is 1.